The van der Waals surface area contributed by atoms with Crippen LogP contribution in [0.5, 0.6) is 5.75 Å². The van der Waals surface area contributed by atoms with E-state index in [4.69, 9.17) is 4.42 Å². The number of alkyl halides is 3. The average Bonchev–Trinajstić information content (AvgIpc) is 2.91. The monoisotopic (exact) mass is 473 g/mol. The molecule has 0 amide bonds. The zero-order valence-electron chi connectivity index (χ0n) is 18.2. The molecule has 0 aliphatic carbocycles. The van der Waals surface area contributed by atoms with Crippen LogP contribution in [0.4, 0.5) is 18.9 Å². The van der Waals surface area contributed by atoms with Gasteiger partial charge in [0.05, 0.1) is 17.0 Å². The summed E-state index contributed by atoms with van der Waals surface area (Å²) < 4.78 is 45.2. The van der Waals surface area contributed by atoms with Gasteiger partial charge in [-0.2, -0.15) is 13.2 Å². The van der Waals surface area contributed by atoms with E-state index in [1.54, 1.807) is 0 Å². The van der Waals surface area contributed by atoms with Crippen LogP contribution in [0, 0.1) is 6.92 Å². The SMILES string of the molecule is Cc1cc(O)c(C2=Nc3cc(C(F)(F)F)ccc3S[C@@H](c3ccc(C(C)C)cc3)C2)c(=O)o1. The molecule has 1 N–H and O–H groups in total. The molecule has 1 atom stereocenters. The Morgan fingerprint density at radius 2 is 1.82 bits per heavy atom. The first-order valence-electron chi connectivity index (χ1n) is 10.4. The van der Waals surface area contributed by atoms with E-state index in [1.807, 2.05) is 24.3 Å². The zero-order chi connectivity index (χ0) is 23.9. The Morgan fingerprint density at radius 3 is 2.42 bits per heavy atom. The third kappa shape index (κ3) is 4.85. The van der Waals surface area contributed by atoms with Gasteiger partial charge in [-0.05, 0) is 42.2 Å². The third-order valence-electron chi connectivity index (χ3n) is 5.51. The molecule has 4 rings (SSSR count). The van der Waals surface area contributed by atoms with Crippen LogP contribution in [0.25, 0.3) is 0 Å². The summed E-state index contributed by atoms with van der Waals surface area (Å²) in [4.78, 5) is 17.6. The fourth-order valence-corrected chi connectivity index (χ4v) is 4.96. The molecule has 1 aromatic heterocycles. The van der Waals surface area contributed by atoms with Gasteiger partial charge < -0.3 is 9.52 Å². The highest BCUT2D eigenvalue weighted by molar-refractivity contribution is 7.99. The summed E-state index contributed by atoms with van der Waals surface area (Å²) in [5, 5.41) is 10.2. The lowest BCUT2D eigenvalue weighted by Gasteiger charge is -2.17. The summed E-state index contributed by atoms with van der Waals surface area (Å²) in [6.07, 6.45) is -4.30. The normalized spacial score (nSPS) is 16.3. The fraction of sp³-hybridized carbons (Fsp3) is 0.280. The number of halogens is 3. The molecule has 1 aliphatic heterocycles. The van der Waals surface area contributed by atoms with Crippen molar-refractivity contribution in [1.29, 1.82) is 0 Å². The number of rotatable bonds is 3. The average molecular weight is 474 g/mol. The first kappa shape index (κ1) is 23.2. The minimum atomic E-state index is -4.53. The molecule has 0 saturated carbocycles. The molecule has 8 heteroatoms. The predicted molar refractivity (Wildman–Crippen MR) is 123 cm³/mol. The van der Waals surface area contributed by atoms with Crippen LogP contribution in [0.3, 0.4) is 0 Å². The minimum Gasteiger partial charge on any atom is -0.507 e. The van der Waals surface area contributed by atoms with Crippen LogP contribution in [0.1, 0.15) is 59.5 Å². The first-order valence-corrected chi connectivity index (χ1v) is 11.3. The van der Waals surface area contributed by atoms with Gasteiger partial charge in [0.2, 0.25) is 0 Å². The van der Waals surface area contributed by atoms with E-state index in [1.165, 1.54) is 36.4 Å². The summed E-state index contributed by atoms with van der Waals surface area (Å²) in [6.45, 7) is 5.71. The summed E-state index contributed by atoms with van der Waals surface area (Å²) in [5.74, 6) is 0.274. The molecule has 4 nitrogen and oxygen atoms in total. The van der Waals surface area contributed by atoms with Gasteiger partial charge in [0, 0.05) is 22.6 Å². The van der Waals surface area contributed by atoms with Crippen molar-refractivity contribution in [2.45, 2.75) is 49.4 Å². The molecule has 1 aliphatic rings. The van der Waals surface area contributed by atoms with Crippen molar-refractivity contribution in [2.24, 2.45) is 4.99 Å². The van der Waals surface area contributed by atoms with Crippen LogP contribution in [0.15, 0.2) is 67.6 Å². The smallest absolute Gasteiger partial charge is 0.416 e. The first-order chi connectivity index (χ1) is 15.5. The largest absolute Gasteiger partial charge is 0.507 e. The van der Waals surface area contributed by atoms with Crippen LogP contribution < -0.4 is 5.63 Å². The molecule has 3 aromatic rings. The second kappa shape index (κ2) is 8.74. The van der Waals surface area contributed by atoms with Gasteiger partial charge in [-0.15, -0.1) is 11.8 Å². The second-order valence-electron chi connectivity index (χ2n) is 8.28. The van der Waals surface area contributed by atoms with Crippen molar-refractivity contribution in [1.82, 2.24) is 0 Å². The number of thioether (sulfide) groups is 1. The molecule has 0 fully saturated rings. The van der Waals surface area contributed by atoms with Crippen molar-refractivity contribution in [3.8, 4) is 5.75 Å². The van der Waals surface area contributed by atoms with E-state index in [9.17, 15) is 23.1 Å². The van der Waals surface area contributed by atoms with E-state index >= 15 is 0 Å². The van der Waals surface area contributed by atoms with Crippen molar-refractivity contribution >= 4 is 23.2 Å². The number of hydrogen-bond donors (Lipinski definition) is 1. The number of nitrogens with zero attached hydrogens (tertiary/aromatic N) is 1. The van der Waals surface area contributed by atoms with Crippen molar-refractivity contribution in [3.63, 3.8) is 0 Å². The lowest BCUT2D eigenvalue weighted by atomic mass is 9.98. The molecule has 0 saturated heterocycles. The van der Waals surface area contributed by atoms with E-state index in [2.05, 4.69) is 18.8 Å². The highest BCUT2D eigenvalue weighted by Crippen LogP contribution is 2.47. The molecule has 0 bridgehead atoms. The second-order valence-corrected chi connectivity index (χ2v) is 9.52. The lowest BCUT2D eigenvalue weighted by Crippen LogP contribution is -2.17. The Morgan fingerprint density at radius 1 is 1.12 bits per heavy atom. The molecule has 33 heavy (non-hydrogen) atoms. The minimum absolute atomic E-state index is 0.102. The quantitative estimate of drug-likeness (QED) is 0.439. The molecule has 2 heterocycles. The highest BCUT2D eigenvalue weighted by atomic mass is 32.2. The number of aromatic hydroxyl groups is 1. The van der Waals surface area contributed by atoms with Gasteiger partial charge in [-0.25, -0.2) is 4.79 Å². The summed E-state index contributed by atoms with van der Waals surface area (Å²) in [7, 11) is 0. The molecular formula is C25H22F3NO3S. The van der Waals surface area contributed by atoms with Crippen LogP contribution in [-0.4, -0.2) is 10.8 Å². The lowest BCUT2D eigenvalue weighted by molar-refractivity contribution is -0.137. The maximum atomic E-state index is 13.3. The van der Waals surface area contributed by atoms with Crippen LogP contribution in [0.2, 0.25) is 0 Å². The van der Waals surface area contributed by atoms with Crippen molar-refractivity contribution < 1.29 is 22.7 Å². The van der Waals surface area contributed by atoms with Crippen molar-refractivity contribution in [2.75, 3.05) is 0 Å². The Hall–Kier alpha value is -3.00. The number of fused-ring (bicyclic) bond motifs is 1. The summed E-state index contributed by atoms with van der Waals surface area (Å²) in [5.41, 5.74) is 0.662. The maximum absolute atomic E-state index is 13.3. The number of benzene rings is 2. The topological polar surface area (TPSA) is 62.8 Å². The van der Waals surface area contributed by atoms with Crippen molar-refractivity contribution in [3.05, 3.63) is 87.0 Å². The van der Waals surface area contributed by atoms with E-state index in [0.717, 1.165) is 17.7 Å². The van der Waals surface area contributed by atoms with Gasteiger partial charge in [0.15, 0.2) is 0 Å². The molecule has 0 unspecified atom stereocenters. The Kier molecular flexibility index (Phi) is 6.14. The molecule has 0 spiro atoms. The maximum Gasteiger partial charge on any atom is 0.416 e. The number of aryl methyl sites for hydroxylation is 1. The van der Waals surface area contributed by atoms with Crippen LogP contribution >= 0.6 is 11.8 Å². The number of hydrogen-bond acceptors (Lipinski definition) is 5. The van der Waals surface area contributed by atoms with E-state index in [-0.39, 0.29) is 40.1 Å². The van der Waals surface area contributed by atoms with Gasteiger partial charge in [0.1, 0.15) is 17.1 Å². The Bertz CT molecular complexity index is 1280. The van der Waals surface area contributed by atoms with Gasteiger partial charge in [0.25, 0.3) is 0 Å². The molecule has 172 valence electrons. The fourth-order valence-electron chi connectivity index (χ4n) is 3.74. The van der Waals surface area contributed by atoms with Gasteiger partial charge in [-0.3, -0.25) is 4.99 Å². The standard InChI is InChI=1S/C25H22F3NO3S/c1-13(2)15-4-6-16(7-5-15)22-12-19(23-20(30)10-14(3)32-24(23)31)29-18-11-17(25(26,27)28)8-9-21(18)33-22/h4-11,13,22,30H,12H2,1-3H3/t22-/m1/s1. The number of aliphatic imine (C=N–C) groups is 1. The molecular weight excluding hydrogens is 451 g/mol. The van der Waals surface area contributed by atoms with E-state index in [0.29, 0.717) is 10.8 Å². The highest BCUT2D eigenvalue weighted by Gasteiger charge is 2.33. The van der Waals surface area contributed by atoms with Gasteiger partial charge in [-0.1, -0.05) is 38.1 Å². The summed E-state index contributed by atoms with van der Waals surface area (Å²) in [6, 6.07) is 12.7. The molecule has 0 radical (unpaired) electrons. The third-order valence-corrected chi connectivity index (χ3v) is 6.83. The Balaban J connectivity index is 1.87. The van der Waals surface area contributed by atoms with E-state index < -0.39 is 17.4 Å². The zero-order valence-corrected chi connectivity index (χ0v) is 19.1. The van der Waals surface area contributed by atoms with Crippen LogP contribution in [-0.2, 0) is 6.18 Å². The molecule has 2 aromatic carbocycles. The summed E-state index contributed by atoms with van der Waals surface area (Å²) >= 11 is 1.38. The Labute approximate surface area is 193 Å². The van der Waals surface area contributed by atoms with Gasteiger partial charge >= 0.3 is 11.8 Å². The predicted octanol–water partition coefficient (Wildman–Crippen LogP) is 7.15.